The quantitative estimate of drug-likeness (QED) is 0.493. The van der Waals surface area contributed by atoms with Crippen molar-refractivity contribution in [1.29, 1.82) is 0 Å². The molecule has 0 aliphatic rings. The molecule has 1 rings (SSSR count). The van der Waals surface area contributed by atoms with Crippen LogP contribution in [-0.4, -0.2) is 4.98 Å². The zero-order chi connectivity index (χ0) is 6.24. The van der Waals surface area contributed by atoms with E-state index in [9.17, 15) is 0 Å². The van der Waals surface area contributed by atoms with Gasteiger partial charge in [-0.05, 0) is 12.1 Å². The first-order chi connectivity index (χ1) is 4.00. The van der Waals surface area contributed by atoms with Gasteiger partial charge in [-0.15, -0.1) is 0 Å². The lowest BCUT2D eigenvalue weighted by atomic mass is 10.5. The van der Waals surface area contributed by atoms with Crippen LogP contribution in [0.3, 0.4) is 0 Å². The standard InChI is InChI=1S/C5H5N.H2OP/c1-2-4-6-5-3-1;1-2/h1-5H;2H2/q;+1. The van der Waals surface area contributed by atoms with Gasteiger partial charge in [0.2, 0.25) is 0 Å². The molecule has 0 bridgehead atoms. The molecule has 1 aromatic heterocycles. The van der Waals surface area contributed by atoms with Crippen LogP contribution >= 0.6 is 9.12 Å². The van der Waals surface area contributed by atoms with Gasteiger partial charge < -0.3 is 0 Å². The van der Waals surface area contributed by atoms with E-state index in [0.29, 0.717) is 0 Å². The molecule has 0 N–H and O–H groups in total. The van der Waals surface area contributed by atoms with E-state index in [2.05, 4.69) is 4.98 Å². The van der Waals surface area contributed by atoms with E-state index in [1.165, 1.54) is 9.12 Å². The summed E-state index contributed by atoms with van der Waals surface area (Å²) in [6.45, 7) is 0. The lowest BCUT2D eigenvalue weighted by Crippen LogP contribution is -1.58. The highest BCUT2D eigenvalue weighted by Crippen LogP contribution is 1.73. The summed E-state index contributed by atoms with van der Waals surface area (Å²) in [7, 11) is 1.17. The molecule has 2 nitrogen and oxygen atoms in total. The zero-order valence-electron chi connectivity index (χ0n) is 4.32. The SMILES string of the molecule is O=[PH2+].c1ccncc1. The van der Waals surface area contributed by atoms with Crippen LogP contribution in [0, 0.1) is 0 Å². The fraction of sp³-hybridized carbons (Fsp3) is 0. The predicted octanol–water partition coefficient (Wildman–Crippen LogP) is 1.29. The minimum Gasteiger partial charge on any atom is -0.265 e. The molecule has 0 spiro atoms. The summed E-state index contributed by atoms with van der Waals surface area (Å²) in [5.74, 6) is 0. The van der Waals surface area contributed by atoms with Crippen LogP contribution in [0.25, 0.3) is 0 Å². The maximum atomic E-state index is 8.17. The van der Waals surface area contributed by atoms with Crippen molar-refractivity contribution in [1.82, 2.24) is 4.98 Å². The second-order valence-electron chi connectivity index (χ2n) is 1.02. The highest BCUT2D eigenvalue weighted by atomic mass is 31.0. The lowest BCUT2D eigenvalue weighted by molar-refractivity contribution is 0.607. The van der Waals surface area contributed by atoms with Crippen molar-refractivity contribution in [2.24, 2.45) is 0 Å². The number of pyridine rings is 1. The average molecular weight is 128 g/mol. The van der Waals surface area contributed by atoms with Crippen molar-refractivity contribution in [3.63, 3.8) is 0 Å². The van der Waals surface area contributed by atoms with Gasteiger partial charge in [-0.25, -0.2) is 0 Å². The van der Waals surface area contributed by atoms with Crippen LogP contribution in [0.4, 0.5) is 0 Å². The van der Waals surface area contributed by atoms with Gasteiger partial charge in [0.25, 0.3) is 0 Å². The van der Waals surface area contributed by atoms with Crippen LogP contribution < -0.4 is 0 Å². The number of rotatable bonds is 0. The molecule has 0 aliphatic heterocycles. The maximum Gasteiger partial charge on any atom is 0.310 e. The van der Waals surface area contributed by atoms with Crippen LogP contribution in [0.15, 0.2) is 30.6 Å². The van der Waals surface area contributed by atoms with Gasteiger partial charge in [-0.1, -0.05) is 10.6 Å². The summed E-state index contributed by atoms with van der Waals surface area (Å²) in [5, 5.41) is 0. The maximum absolute atomic E-state index is 8.17. The Morgan fingerprint density at radius 3 is 1.62 bits per heavy atom. The van der Waals surface area contributed by atoms with Gasteiger partial charge in [0.1, 0.15) is 0 Å². The van der Waals surface area contributed by atoms with E-state index in [-0.39, 0.29) is 0 Å². The third-order valence-corrected chi connectivity index (χ3v) is 0.566. The van der Waals surface area contributed by atoms with E-state index in [4.69, 9.17) is 4.57 Å². The van der Waals surface area contributed by atoms with E-state index in [1.54, 1.807) is 12.4 Å². The molecule has 0 saturated heterocycles. The van der Waals surface area contributed by atoms with Crippen LogP contribution in [-0.2, 0) is 4.57 Å². The van der Waals surface area contributed by atoms with Crippen LogP contribution in [0.1, 0.15) is 0 Å². The number of nitrogens with zero attached hydrogens (tertiary/aromatic N) is 1. The molecule has 0 aromatic carbocycles. The smallest absolute Gasteiger partial charge is 0.265 e. The Bertz CT molecular complexity index is 95.3. The van der Waals surface area contributed by atoms with E-state index < -0.39 is 0 Å². The van der Waals surface area contributed by atoms with E-state index in [0.717, 1.165) is 0 Å². The largest absolute Gasteiger partial charge is 0.310 e. The topological polar surface area (TPSA) is 30.0 Å². The second kappa shape index (κ2) is 6.25. The van der Waals surface area contributed by atoms with E-state index in [1.807, 2.05) is 18.2 Å². The van der Waals surface area contributed by atoms with Crippen molar-refractivity contribution in [3.8, 4) is 0 Å². The first-order valence-corrected chi connectivity index (χ1v) is 2.56. The molecule has 1 atom stereocenters. The molecule has 42 valence electrons. The Hall–Kier alpha value is -0.750. The van der Waals surface area contributed by atoms with Crippen molar-refractivity contribution >= 4 is 9.12 Å². The molecule has 0 radical (unpaired) electrons. The molecule has 1 unspecified atom stereocenters. The first kappa shape index (κ1) is 7.25. The first-order valence-electron chi connectivity index (χ1n) is 2.09. The van der Waals surface area contributed by atoms with Gasteiger partial charge in [-0.3, -0.25) is 4.98 Å². The third kappa shape index (κ3) is 3.44. The predicted molar refractivity (Wildman–Crippen MR) is 34.6 cm³/mol. The highest BCUT2D eigenvalue weighted by molar-refractivity contribution is 7.00. The number of aromatic nitrogens is 1. The van der Waals surface area contributed by atoms with Crippen LogP contribution in [0.5, 0.6) is 0 Å². The molecule has 0 saturated carbocycles. The molecule has 8 heavy (non-hydrogen) atoms. The minimum atomic E-state index is 1.17. The summed E-state index contributed by atoms with van der Waals surface area (Å²) in [5.41, 5.74) is 0. The summed E-state index contributed by atoms with van der Waals surface area (Å²) < 4.78 is 8.17. The normalized spacial score (nSPS) is 6.50. The Morgan fingerprint density at radius 1 is 1.00 bits per heavy atom. The fourth-order valence-corrected chi connectivity index (χ4v) is 0.313. The lowest BCUT2D eigenvalue weighted by Gasteiger charge is -1.70. The summed E-state index contributed by atoms with van der Waals surface area (Å²) in [6, 6.07) is 5.72. The Labute approximate surface area is 50.2 Å². The number of hydrogen-bond donors (Lipinski definition) is 0. The molecule has 3 heteroatoms. The van der Waals surface area contributed by atoms with Gasteiger partial charge in [0.15, 0.2) is 0 Å². The summed E-state index contributed by atoms with van der Waals surface area (Å²) in [4.78, 5) is 3.78. The minimum absolute atomic E-state index is 1.17. The molecule has 1 aromatic rings. The molecule has 0 amide bonds. The number of hydrogen-bond acceptors (Lipinski definition) is 2. The molecule has 0 aliphatic carbocycles. The molecular formula is C5H7NOP+. The zero-order valence-corrected chi connectivity index (χ0v) is 5.47. The Kier molecular flexibility index (Phi) is 5.66. The molecule has 1 heterocycles. The van der Waals surface area contributed by atoms with Gasteiger partial charge in [0, 0.05) is 12.4 Å². The van der Waals surface area contributed by atoms with Crippen molar-refractivity contribution in [2.75, 3.05) is 0 Å². The Morgan fingerprint density at radius 2 is 1.50 bits per heavy atom. The van der Waals surface area contributed by atoms with Crippen molar-refractivity contribution < 1.29 is 4.57 Å². The second-order valence-corrected chi connectivity index (χ2v) is 1.02. The van der Waals surface area contributed by atoms with Crippen molar-refractivity contribution in [3.05, 3.63) is 30.6 Å². The third-order valence-electron chi connectivity index (χ3n) is 0.566. The van der Waals surface area contributed by atoms with E-state index >= 15 is 0 Å². The van der Waals surface area contributed by atoms with Gasteiger partial charge in [0.05, 0.1) is 0 Å². The van der Waals surface area contributed by atoms with Crippen molar-refractivity contribution in [2.45, 2.75) is 0 Å². The average Bonchev–Trinajstić information content (AvgIpc) is 1.96. The van der Waals surface area contributed by atoms with Gasteiger partial charge in [-0.2, -0.15) is 0 Å². The molecule has 0 fully saturated rings. The monoisotopic (exact) mass is 128 g/mol. The van der Waals surface area contributed by atoms with Gasteiger partial charge >= 0.3 is 9.12 Å². The summed E-state index contributed by atoms with van der Waals surface area (Å²) >= 11 is 0. The summed E-state index contributed by atoms with van der Waals surface area (Å²) in [6.07, 6.45) is 3.50. The molecular weight excluding hydrogens is 121 g/mol. The Balaban J connectivity index is 0.000000222. The fourth-order valence-electron chi connectivity index (χ4n) is 0.313. The highest BCUT2D eigenvalue weighted by Gasteiger charge is 1.58. The van der Waals surface area contributed by atoms with Crippen LogP contribution in [0.2, 0.25) is 0 Å².